The zero-order valence-electron chi connectivity index (χ0n) is 6.42. The summed E-state index contributed by atoms with van der Waals surface area (Å²) in [6.07, 6.45) is 2.56. The molecule has 1 unspecified atom stereocenters. The minimum Gasteiger partial charge on any atom is -0.323 e. The van der Waals surface area contributed by atoms with E-state index < -0.39 is 0 Å². The van der Waals surface area contributed by atoms with Gasteiger partial charge >= 0.3 is 0 Å². The van der Waals surface area contributed by atoms with E-state index in [0.29, 0.717) is 5.02 Å². The van der Waals surface area contributed by atoms with Gasteiger partial charge in [0.15, 0.2) is 0 Å². The number of rotatable bonds is 2. The lowest BCUT2D eigenvalue weighted by Gasteiger charge is -2.08. The van der Waals surface area contributed by atoms with E-state index in [1.54, 1.807) is 18.3 Å². The van der Waals surface area contributed by atoms with Crippen molar-refractivity contribution in [3.05, 3.63) is 29.0 Å². The van der Waals surface area contributed by atoms with Crippen LogP contribution >= 0.6 is 11.6 Å². The molecule has 60 valence electrons. The molecule has 1 aromatic heterocycles. The van der Waals surface area contributed by atoms with E-state index in [4.69, 9.17) is 17.3 Å². The molecule has 1 atom stereocenters. The Labute approximate surface area is 71.4 Å². The summed E-state index contributed by atoms with van der Waals surface area (Å²) in [5.74, 6) is 0. The Hall–Kier alpha value is -0.600. The molecule has 0 saturated heterocycles. The van der Waals surface area contributed by atoms with Crippen molar-refractivity contribution in [3.8, 4) is 0 Å². The number of nitrogens with zero attached hydrogens (tertiary/aromatic N) is 1. The van der Waals surface area contributed by atoms with Crippen LogP contribution < -0.4 is 5.73 Å². The summed E-state index contributed by atoms with van der Waals surface area (Å²) in [7, 11) is 0. The number of halogens is 1. The first-order valence-electron chi connectivity index (χ1n) is 3.61. The Morgan fingerprint density at radius 1 is 1.73 bits per heavy atom. The summed E-state index contributed by atoms with van der Waals surface area (Å²) in [4.78, 5) is 4.09. The fourth-order valence-electron chi connectivity index (χ4n) is 0.864. The van der Waals surface area contributed by atoms with Crippen LogP contribution in [-0.4, -0.2) is 4.98 Å². The standard InChI is InChI=1S/C8H11ClN2/c1-2-7(10)8-6(9)4-3-5-11-8/h3-5,7H,2,10H2,1H3. The SMILES string of the molecule is CCC(N)c1ncccc1Cl. The van der Waals surface area contributed by atoms with Crippen LogP contribution in [0.25, 0.3) is 0 Å². The van der Waals surface area contributed by atoms with Gasteiger partial charge in [-0.25, -0.2) is 0 Å². The molecular weight excluding hydrogens is 160 g/mol. The van der Waals surface area contributed by atoms with Gasteiger partial charge < -0.3 is 5.73 Å². The molecule has 0 amide bonds. The highest BCUT2D eigenvalue weighted by atomic mass is 35.5. The highest BCUT2D eigenvalue weighted by Gasteiger charge is 2.07. The molecule has 0 bridgehead atoms. The Balaban J connectivity index is 2.93. The molecule has 0 aliphatic carbocycles. The van der Waals surface area contributed by atoms with Crippen LogP contribution in [0.4, 0.5) is 0 Å². The Bertz CT molecular complexity index is 237. The van der Waals surface area contributed by atoms with Crippen molar-refractivity contribution in [1.82, 2.24) is 4.98 Å². The fourth-order valence-corrected chi connectivity index (χ4v) is 1.13. The van der Waals surface area contributed by atoms with Gasteiger partial charge in [0.1, 0.15) is 0 Å². The normalized spacial score (nSPS) is 13.0. The average molecular weight is 171 g/mol. The molecule has 3 heteroatoms. The minimum absolute atomic E-state index is 0.0382. The summed E-state index contributed by atoms with van der Waals surface area (Å²) in [5.41, 5.74) is 6.54. The Morgan fingerprint density at radius 2 is 2.45 bits per heavy atom. The van der Waals surface area contributed by atoms with Crippen molar-refractivity contribution in [2.75, 3.05) is 0 Å². The van der Waals surface area contributed by atoms with Crippen LogP contribution in [0.1, 0.15) is 25.1 Å². The lowest BCUT2D eigenvalue weighted by atomic mass is 10.1. The van der Waals surface area contributed by atoms with Crippen molar-refractivity contribution < 1.29 is 0 Å². The second-order valence-corrected chi connectivity index (χ2v) is 2.79. The van der Waals surface area contributed by atoms with E-state index >= 15 is 0 Å². The maximum atomic E-state index is 5.86. The molecule has 2 nitrogen and oxygen atoms in total. The fraction of sp³-hybridized carbons (Fsp3) is 0.375. The van der Waals surface area contributed by atoms with E-state index in [0.717, 1.165) is 12.1 Å². The molecule has 1 heterocycles. The largest absolute Gasteiger partial charge is 0.323 e. The highest BCUT2D eigenvalue weighted by Crippen LogP contribution is 2.19. The van der Waals surface area contributed by atoms with Gasteiger partial charge in [0.05, 0.1) is 10.7 Å². The van der Waals surface area contributed by atoms with E-state index in [1.165, 1.54) is 0 Å². The van der Waals surface area contributed by atoms with Crippen LogP contribution in [0, 0.1) is 0 Å². The van der Waals surface area contributed by atoms with Crippen LogP contribution in [0.3, 0.4) is 0 Å². The highest BCUT2D eigenvalue weighted by molar-refractivity contribution is 6.31. The van der Waals surface area contributed by atoms with Crippen LogP contribution in [0.15, 0.2) is 18.3 Å². The maximum Gasteiger partial charge on any atom is 0.0756 e. The van der Waals surface area contributed by atoms with E-state index in [2.05, 4.69) is 4.98 Å². The lowest BCUT2D eigenvalue weighted by Crippen LogP contribution is -2.10. The third-order valence-electron chi connectivity index (χ3n) is 1.58. The summed E-state index contributed by atoms with van der Waals surface area (Å²) < 4.78 is 0. The zero-order valence-corrected chi connectivity index (χ0v) is 7.17. The minimum atomic E-state index is -0.0382. The lowest BCUT2D eigenvalue weighted by molar-refractivity contribution is 0.676. The molecule has 0 fully saturated rings. The van der Waals surface area contributed by atoms with Crippen LogP contribution in [0.2, 0.25) is 5.02 Å². The monoisotopic (exact) mass is 170 g/mol. The number of nitrogens with two attached hydrogens (primary N) is 1. The third-order valence-corrected chi connectivity index (χ3v) is 1.90. The van der Waals surface area contributed by atoms with Gasteiger partial charge in [-0.05, 0) is 18.6 Å². The maximum absolute atomic E-state index is 5.86. The van der Waals surface area contributed by atoms with Gasteiger partial charge in [-0.15, -0.1) is 0 Å². The molecule has 0 aliphatic heterocycles. The van der Waals surface area contributed by atoms with Crippen LogP contribution in [0.5, 0.6) is 0 Å². The second-order valence-electron chi connectivity index (χ2n) is 2.39. The van der Waals surface area contributed by atoms with Crippen molar-refractivity contribution in [3.63, 3.8) is 0 Å². The predicted molar refractivity (Wildman–Crippen MR) is 46.5 cm³/mol. The molecule has 1 aromatic rings. The summed E-state index contributed by atoms with van der Waals surface area (Å²) in [5, 5.41) is 0.654. The number of aromatic nitrogens is 1. The van der Waals surface area contributed by atoms with E-state index in [1.807, 2.05) is 6.92 Å². The first kappa shape index (κ1) is 8.50. The van der Waals surface area contributed by atoms with Gasteiger partial charge in [-0.1, -0.05) is 18.5 Å². The summed E-state index contributed by atoms with van der Waals surface area (Å²) >= 11 is 5.86. The smallest absolute Gasteiger partial charge is 0.0756 e. The topological polar surface area (TPSA) is 38.9 Å². The molecule has 0 saturated carbocycles. The third kappa shape index (κ3) is 1.91. The molecule has 0 aromatic carbocycles. The molecule has 2 N–H and O–H groups in total. The molecule has 0 spiro atoms. The average Bonchev–Trinajstić information content (AvgIpc) is 2.04. The molecule has 0 aliphatic rings. The molecular formula is C8H11ClN2. The van der Waals surface area contributed by atoms with Gasteiger partial charge in [-0.3, -0.25) is 4.98 Å². The van der Waals surface area contributed by atoms with Crippen molar-refractivity contribution in [2.45, 2.75) is 19.4 Å². The van der Waals surface area contributed by atoms with Crippen LogP contribution in [-0.2, 0) is 0 Å². The van der Waals surface area contributed by atoms with E-state index in [9.17, 15) is 0 Å². The first-order chi connectivity index (χ1) is 5.25. The van der Waals surface area contributed by atoms with Gasteiger partial charge in [-0.2, -0.15) is 0 Å². The predicted octanol–water partition coefficient (Wildman–Crippen LogP) is 2.14. The Kier molecular flexibility index (Phi) is 2.85. The second kappa shape index (κ2) is 3.69. The number of hydrogen-bond acceptors (Lipinski definition) is 2. The number of pyridine rings is 1. The van der Waals surface area contributed by atoms with Gasteiger partial charge in [0.25, 0.3) is 0 Å². The molecule has 11 heavy (non-hydrogen) atoms. The van der Waals surface area contributed by atoms with E-state index in [-0.39, 0.29) is 6.04 Å². The van der Waals surface area contributed by atoms with Gasteiger partial charge in [0.2, 0.25) is 0 Å². The summed E-state index contributed by atoms with van der Waals surface area (Å²) in [6, 6.07) is 3.57. The van der Waals surface area contributed by atoms with Crippen molar-refractivity contribution in [2.24, 2.45) is 5.73 Å². The molecule has 0 radical (unpaired) electrons. The van der Waals surface area contributed by atoms with Crippen molar-refractivity contribution >= 4 is 11.6 Å². The quantitative estimate of drug-likeness (QED) is 0.739. The molecule has 1 rings (SSSR count). The van der Waals surface area contributed by atoms with Crippen molar-refractivity contribution in [1.29, 1.82) is 0 Å². The summed E-state index contributed by atoms with van der Waals surface area (Å²) in [6.45, 7) is 2.01. The van der Waals surface area contributed by atoms with Gasteiger partial charge in [0, 0.05) is 12.2 Å². The first-order valence-corrected chi connectivity index (χ1v) is 3.99. The Morgan fingerprint density at radius 3 is 3.00 bits per heavy atom. The number of hydrogen-bond donors (Lipinski definition) is 1. The zero-order chi connectivity index (χ0) is 8.27.